The van der Waals surface area contributed by atoms with Gasteiger partial charge in [-0.05, 0) is 47.7 Å². The van der Waals surface area contributed by atoms with Gasteiger partial charge in [0.15, 0.2) is 5.13 Å². The molecule has 6 heteroatoms. The quantitative estimate of drug-likeness (QED) is 0.481. The zero-order chi connectivity index (χ0) is 17.9. The minimum atomic E-state index is -0.0413. The number of amides is 1. The normalized spacial score (nSPS) is 11.0. The van der Waals surface area contributed by atoms with E-state index in [0.717, 1.165) is 22.3 Å². The number of hydrogen-bond donors (Lipinski definition) is 0. The molecule has 1 amide bonds. The van der Waals surface area contributed by atoms with Crippen LogP contribution in [0.5, 0.6) is 0 Å². The van der Waals surface area contributed by atoms with E-state index in [4.69, 9.17) is 4.98 Å². The fourth-order valence-corrected chi connectivity index (χ4v) is 4.40. The van der Waals surface area contributed by atoms with Crippen LogP contribution in [0.25, 0.3) is 10.2 Å². The third kappa shape index (κ3) is 3.38. The third-order valence-corrected chi connectivity index (χ3v) is 6.00. The molecule has 4 aromatic rings. The topological polar surface area (TPSA) is 46.1 Å². The SMILES string of the molecule is CCc1ccc2nc(N(Cc3ccccn3)C(=O)c3cccs3)sc2c1. The summed E-state index contributed by atoms with van der Waals surface area (Å²) < 4.78 is 1.10. The highest BCUT2D eigenvalue weighted by molar-refractivity contribution is 7.22. The standard InChI is InChI=1S/C20H17N3OS2/c1-2-14-8-9-16-18(12-14)26-20(22-16)23(13-15-6-3-4-10-21-15)19(24)17-7-5-11-25-17/h3-12H,2,13H2,1H3. The van der Waals surface area contributed by atoms with Gasteiger partial charge in [-0.25, -0.2) is 4.98 Å². The van der Waals surface area contributed by atoms with Crippen molar-refractivity contribution in [3.63, 3.8) is 0 Å². The Hall–Kier alpha value is -2.57. The van der Waals surface area contributed by atoms with Crippen LogP contribution in [0.3, 0.4) is 0 Å². The van der Waals surface area contributed by atoms with E-state index in [1.165, 1.54) is 16.9 Å². The molecule has 130 valence electrons. The second kappa shape index (κ2) is 7.35. The Kier molecular flexibility index (Phi) is 4.77. The molecule has 3 aromatic heterocycles. The predicted octanol–water partition coefficient (Wildman–Crippen LogP) is 5.16. The van der Waals surface area contributed by atoms with E-state index >= 15 is 0 Å². The van der Waals surface area contributed by atoms with Crippen molar-refractivity contribution in [2.45, 2.75) is 19.9 Å². The number of nitrogens with zero attached hydrogens (tertiary/aromatic N) is 3. The lowest BCUT2D eigenvalue weighted by Gasteiger charge is -2.18. The maximum atomic E-state index is 13.1. The van der Waals surface area contributed by atoms with Gasteiger partial charge in [-0.1, -0.05) is 36.5 Å². The number of fused-ring (bicyclic) bond motifs is 1. The van der Waals surface area contributed by atoms with Gasteiger partial charge in [0.25, 0.3) is 5.91 Å². The summed E-state index contributed by atoms with van der Waals surface area (Å²) in [5.74, 6) is -0.0413. The zero-order valence-electron chi connectivity index (χ0n) is 14.3. The summed E-state index contributed by atoms with van der Waals surface area (Å²) in [5.41, 5.74) is 3.03. The van der Waals surface area contributed by atoms with E-state index in [1.807, 2.05) is 41.8 Å². The minimum absolute atomic E-state index is 0.0413. The van der Waals surface area contributed by atoms with Crippen molar-refractivity contribution >= 4 is 43.9 Å². The Morgan fingerprint density at radius 1 is 1.15 bits per heavy atom. The lowest BCUT2D eigenvalue weighted by molar-refractivity contribution is 0.0988. The van der Waals surface area contributed by atoms with Crippen LogP contribution < -0.4 is 4.90 Å². The minimum Gasteiger partial charge on any atom is -0.277 e. The van der Waals surface area contributed by atoms with Crippen molar-refractivity contribution in [1.29, 1.82) is 0 Å². The van der Waals surface area contributed by atoms with E-state index in [0.29, 0.717) is 16.6 Å². The summed E-state index contributed by atoms with van der Waals surface area (Å²) >= 11 is 2.99. The average Bonchev–Trinajstić information content (AvgIpc) is 3.35. The molecular weight excluding hydrogens is 362 g/mol. The molecule has 0 saturated heterocycles. The number of hydrogen-bond acceptors (Lipinski definition) is 5. The van der Waals surface area contributed by atoms with Crippen LogP contribution in [0.2, 0.25) is 0 Å². The number of pyridine rings is 1. The fraction of sp³-hybridized carbons (Fsp3) is 0.150. The van der Waals surface area contributed by atoms with Crippen LogP contribution in [0.1, 0.15) is 27.9 Å². The molecule has 0 radical (unpaired) electrons. The largest absolute Gasteiger partial charge is 0.277 e. The van der Waals surface area contributed by atoms with Crippen molar-refractivity contribution in [3.05, 3.63) is 76.2 Å². The maximum absolute atomic E-state index is 13.1. The second-order valence-corrected chi connectivity index (χ2v) is 7.80. The molecule has 0 fully saturated rings. The maximum Gasteiger partial charge on any atom is 0.270 e. The number of carbonyl (C=O) groups is 1. The summed E-state index contributed by atoms with van der Waals surface area (Å²) in [7, 11) is 0. The summed E-state index contributed by atoms with van der Waals surface area (Å²) in [6.45, 7) is 2.54. The number of thiophene rings is 1. The molecule has 0 aliphatic carbocycles. The molecule has 0 atom stereocenters. The van der Waals surface area contributed by atoms with Gasteiger partial charge in [-0.15, -0.1) is 11.3 Å². The van der Waals surface area contributed by atoms with E-state index in [-0.39, 0.29) is 5.91 Å². The van der Waals surface area contributed by atoms with Gasteiger partial charge in [0.05, 0.1) is 27.3 Å². The van der Waals surface area contributed by atoms with Crippen LogP contribution in [0.15, 0.2) is 60.1 Å². The first-order valence-electron chi connectivity index (χ1n) is 8.39. The smallest absolute Gasteiger partial charge is 0.270 e. The molecular formula is C20H17N3OS2. The number of aromatic nitrogens is 2. The number of aryl methyl sites for hydroxylation is 1. The molecule has 0 aliphatic heterocycles. The van der Waals surface area contributed by atoms with Crippen molar-refractivity contribution in [1.82, 2.24) is 9.97 Å². The fourth-order valence-electron chi connectivity index (χ4n) is 2.71. The highest BCUT2D eigenvalue weighted by atomic mass is 32.1. The molecule has 4 nitrogen and oxygen atoms in total. The van der Waals surface area contributed by atoms with E-state index in [1.54, 1.807) is 22.4 Å². The molecule has 0 unspecified atom stereocenters. The van der Waals surface area contributed by atoms with Gasteiger partial charge in [0.2, 0.25) is 0 Å². The second-order valence-electron chi connectivity index (χ2n) is 5.84. The number of thiazole rings is 1. The molecule has 4 rings (SSSR count). The van der Waals surface area contributed by atoms with E-state index in [9.17, 15) is 4.79 Å². The Balaban J connectivity index is 1.75. The molecule has 1 aromatic carbocycles. The Labute approximate surface area is 159 Å². The lowest BCUT2D eigenvalue weighted by Crippen LogP contribution is -2.30. The van der Waals surface area contributed by atoms with Gasteiger partial charge in [0, 0.05) is 6.20 Å². The van der Waals surface area contributed by atoms with Crippen LogP contribution in [0.4, 0.5) is 5.13 Å². The van der Waals surface area contributed by atoms with Crippen molar-refractivity contribution < 1.29 is 4.79 Å². The van der Waals surface area contributed by atoms with Crippen LogP contribution in [0, 0.1) is 0 Å². The van der Waals surface area contributed by atoms with E-state index < -0.39 is 0 Å². The van der Waals surface area contributed by atoms with Crippen LogP contribution in [-0.2, 0) is 13.0 Å². The summed E-state index contributed by atoms with van der Waals surface area (Å²) in [4.78, 5) is 24.6. The molecule has 3 heterocycles. The van der Waals surface area contributed by atoms with E-state index in [2.05, 4.69) is 24.0 Å². The molecule has 0 N–H and O–H groups in total. The van der Waals surface area contributed by atoms with Gasteiger partial charge in [0.1, 0.15) is 0 Å². The molecule has 0 aliphatic rings. The Morgan fingerprint density at radius 3 is 2.81 bits per heavy atom. The first kappa shape index (κ1) is 16.9. The number of carbonyl (C=O) groups excluding carboxylic acids is 1. The van der Waals surface area contributed by atoms with Crippen LogP contribution >= 0.6 is 22.7 Å². The van der Waals surface area contributed by atoms with Gasteiger partial charge < -0.3 is 0 Å². The average molecular weight is 380 g/mol. The van der Waals surface area contributed by atoms with Gasteiger partial charge in [-0.3, -0.25) is 14.7 Å². The Bertz CT molecular complexity index is 1030. The summed E-state index contributed by atoms with van der Waals surface area (Å²) in [6.07, 6.45) is 2.73. The first-order valence-corrected chi connectivity index (χ1v) is 10.1. The number of anilines is 1. The summed E-state index contributed by atoms with van der Waals surface area (Å²) in [5, 5.41) is 2.62. The number of benzene rings is 1. The predicted molar refractivity (Wildman–Crippen MR) is 108 cm³/mol. The monoisotopic (exact) mass is 379 g/mol. The molecule has 0 spiro atoms. The third-order valence-electron chi connectivity index (χ3n) is 4.10. The Morgan fingerprint density at radius 2 is 2.08 bits per heavy atom. The first-order chi connectivity index (χ1) is 12.7. The van der Waals surface area contributed by atoms with Crippen molar-refractivity contribution in [3.8, 4) is 0 Å². The highest BCUT2D eigenvalue weighted by Crippen LogP contribution is 2.32. The lowest BCUT2D eigenvalue weighted by atomic mass is 10.2. The zero-order valence-corrected chi connectivity index (χ0v) is 15.9. The molecule has 0 bridgehead atoms. The number of rotatable bonds is 5. The highest BCUT2D eigenvalue weighted by Gasteiger charge is 2.22. The molecule has 0 saturated carbocycles. The van der Waals surface area contributed by atoms with Crippen molar-refractivity contribution in [2.24, 2.45) is 0 Å². The van der Waals surface area contributed by atoms with Crippen molar-refractivity contribution in [2.75, 3.05) is 4.90 Å². The van der Waals surface area contributed by atoms with Gasteiger partial charge >= 0.3 is 0 Å². The summed E-state index contributed by atoms with van der Waals surface area (Å²) in [6, 6.07) is 15.8. The van der Waals surface area contributed by atoms with Gasteiger partial charge in [-0.2, -0.15) is 0 Å². The van der Waals surface area contributed by atoms with Crippen LogP contribution in [-0.4, -0.2) is 15.9 Å². The molecule has 26 heavy (non-hydrogen) atoms.